The maximum atomic E-state index is 3.97. The van der Waals surface area contributed by atoms with Crippen LogP contribution in [0.5, 0.6) is 0 Å². The van der Waals surface area contributed by atoms with E-state index in [2.05, 4.69) is 36.5 Å². The first-order chi connectivity index (χ1) is 9.40. The van der Waals surface area contributed by atoms with Crippen LogP contribution < -0.4 is 5.32 Å². The molecule has 2 aliphatic carbocycles. The molecule has 0 spiro atoms. The second-order valence-electron chi connectivity index (χ2n) is 6.32. The summed E-state index contributed by atoms with van der Waals surface area (Å²) >= 11 is 0. The molecule has 104 valence electrons. The molecule has 3 unspecified atom stereocenters. The van der Waals surface area contributed by atoms with Gasteiger partial charge in [0.2, 0.25) is 0 Å². The maximum absolute atomic E-state index is 3.97. The Morgan fingerprint density at radius 3 is 3.05 bits per heavy atom. The van der Waals surface area contributed by atoms with E-state index in [-0.39, 0.29) is 0 Å². The van der Waals surface area contributed by atoms with Crippen LogP contribution in [0.2, 0.25) is 0 Å². The van der Waals surface area contributed by atoms with Gasteiger partial charge < -0.3 is 5.32 Å². The minimum atomic E-state index is 0.645. The first kappa shape index (κ1) is 13.2. The smallest absolute Gasteiger partial charge is 0.0288 e. The van der Waals surface area contributed by atoms with E-state index in [0.29, 0.717) is 18.0 Å². The Morgan fingerprint density at radius 1 is 1.21 bits per heavy atom. The molecule has 1 fully saturated rings. The first-order valence-corrected chi connectivity index (χ1v) is 8.24. The summed E-state index contributed by atoms with van der Waals surface area (Å²) in [5.74, 6) is 0.645. The molecule has 0 aromatic heterocycles. The zero-order chi connectivity index (χ0) is 13.1. The molecule has 1 saturated carbocycles. The lowest BCUT2D eigenvalue weighted by atomic mass is 9.73. The standard InChI is InChI=1S/C18H27N/c1-2-3-4-12-17-15-10-6-5-9-14(15)16-11-7-8-13-18(16)19-17/h5-6,9-10,15,17-19H,2-4,7-8,11-13H2,1H3. The molecule has 1 aliphatic heterocycles. The highest BCUT2D eigenvalue weighted by Gasteiger charge is 2.35. The largest absolute Gasteiger partial charge is 0.307 e. The van der Waals surface area contributed by atoms with Crippen LogP contribution in [0.15, 0.2) is 35.5 Å². The van der Waals surface area contributed by atoms with Crippen LogP contribution in [-0.4, -0.2) is 12.1 Å². The van der Waals surface area contributed by atoms with E-state index < -0.39 is 0 Å². The van der Waals surface area contributed by atoms with Crippen molar-refractivity contribution in [3.05, 3.63) is 35.5 Å². The van der Waals surface area contributed by atoms with Gasteiger partial charge in [-0.15, -0.1) is 0 Å². The lowest BCUT2D eigenvalue weighted by Gasteiger charge is -2.42. The van der Waals surface area contributed by atoms with Gasteiger partial charge >= 0.3 is 0 Å². The van der Waals surface area contributed by atoms with Crippen LogP contribution in [0, 0.1) is 5.92 Å². The third kappa shape index (κ3) is 2.72. The Kier molecular flexibility index (Phi) is 4.22. The van der Waals surface area contributed by atoms with Crippen LogP contribution in [-0.2, 0) is 0 Å². The third-order valence-electron chi connectivity index (χ3n) is 5.01. The van der Waals surface area contributed by atoms with Gasteiger partial charge in [0, 0.05) is 18.0 Å². The number of nitrogens with one attached hydrogen (secondary N) is 1. The van der Waals surface area contributed by atoms with Crippen LogP contribution in [0.1, 0.15) is 58.3 Å². The number of hydrogen-bond donors (Lipinski definition) is 1. The monoisotopic (exact) mass is 257 g/mol. The van der Waals surface area contributed by atoms with E-state index in [1.165, 1.54) is 51.4 Å². The summed E-state index contributed by atoms with van der Waals surface area (Å²) in [4.78, 5) is 0. The summed E-state index contributed by atoms with van der Waals surface area (Å²) in [6.45, 7) is 2.29. The molecule has 0 saturated heterocycles. The van der Waals surface area contributed by atoms with Gasteiger partial charge in [-0.2, -0.15) is 0 Å². The number of hydrogen-bond acceptors (Lipinski definition) is 1. The Bertz CT molecular complexity index is 402. The highest BCUT2D eigenvalue weighted by molar-refractivity contribution is 5.42. The van der Waals surface area contributed by atoms with Crippen LogP contribution in [0.3, 0.4) is 0 Å². The van der Waals surface area contributed by atoms with E-state index in [0.717, 1.165) is 0 Å². The number of unbranched alkanes of at least 4 members (excludes halogenated alkanes) is 2. The van der Waals surface area contributed by atoms with E-state index in [4.69, 9.17) is 0 Å². The van der Waals surface area contributed by atoms with Crippen LogP contribution in [0.25, 0.3) is 0 Å². The Labute approximate surface area is 117 Å². The topological polar surface area (TPSA) is 12.0 Å². The van der Waals surface area contributed by atoms with Crippen molar-refractivity contribution in [2.75, 3.05) is 0 Å². The van der Waals surface area contributed by atoms with Crippen molar-refractivity contribution in [3.63, 3.8) is 0 Å². The fourth-order valence-electron chi connectivity index (χ4n) is 4.01. The molecule has 0 aromatic rings. The van der Waals surface area contributed by atoms with Gasteiger partial charge in [0.05, 0.1) is 0 Å². The second-order valence-corrected chi connectivity index (χ2v) is 6.32. The summed E-state index contributed by atoms with van der Waals surface area (Å²) in [5, 5.41) is 3.97. The number of rotatable bonds is 4. The summed E-state index contributed by atoms with van der Waals surface area (Å²) in [5.41, 5.74) is 3.39. The maximum Gasteiger partial charge on any atom is 0.0288 e. The lowest BCUT2D eigenvalue weighted by molar-refractivity contribution is 0.314. The fourth-order valence-corrected chi connectivity index (χ4v) is 4.01. The molecule has 0 amide bonds. The molecule has 3 aliphatic rings. The molecule has 3 atom stereocenters. The Morgan fingerprint density at radius 2 is 2.16 bits per heavy atom. The van der Waals surface area contributed by atoms with Gasteiger partial charge in [0.15, 0.2) is 0 Å². The van der Waals surface area contributed by atoms with Gasteiger partial charge in [0.1, 0.15) is 0 Å². The highest BCUT2D eigenvalue weighted by Crippen LogP contribution is 2.38. The van der Waals surface area contributed by atoms with E-state index in [9.17, 15) is 0 Å². The van der Waals surface area contributed by atoms with Gasteiger partial charge in [-0.1, -0.05) is 56.9 Å². The molecular formula is C18H27N. The summed E-state index contributed by atoms with van der Waals surface area (Å²) in [7, 11) is 0. The average Bonchev–Trinajstić information content (AvgIpc) is 2.47. The predicted octanol–water partition coefficient (Wildman–Crippen LogP) is 4.52. The molecule has 0 aromatic carbocycles. The van der Waals surface area contributed by atoms with Crippen molar-refractivity contribution in [2.24, 2.45) is 5.92 Å². The number of allylic oxidation sites excluding steroid dienone is 3. The van der Waals surface area contributed by atoms with E-state index in [1.54, 1.807) is 11.1 Å². The average molecular weight is 257 g/mol. The molecule has 3 rings (SSSR count). The Hall–Kier alpha value is -0.820. The Balaban J connectivity index is 1.79. The van der Waals surface area contributed by atoms with E-state index in [1.807, 2.05) is 0 Å². The molecule has 1 heteroatoms. The van der Waals surface area contributed by atoms with Crippen molar-refractivity contribution >= 4 is 0 Å². The lowest BCUT2D eigenvalue weighted by Crippen LogP contribution is -2.49. The van der Waals surface area contributed by atoms with Crippen LogP contribution >= 0.6 is 0 Å². The summed E-state index contributed by atoms with van der Waals surface area (Å²) < 4.78 is 0. The van der Waals surface area contributed by atoms with Crippen molar-refractivity contribution in [1.82, 2.24) is 5.32 Å². The molecule has 0 bridgehead atoms. The van der Waals surface area contributed by atoms with Gasteiger partial charge in [-0.25, -0.2) is 0 Å². The van der Waals surface area contributed by atoms with E-state index >= 15 is 0 Å². The first-order valence-electron chi connectivity index (χ1n) is 8.24. The zero-order valence-electron chi connectivity index (χ0n) is 12.2. The fraction of sp³-hybridized carbons (Fsp3) is 0.667. The molecule has 1 heterocycles. The summed E-state index contributed by atoms with van der Waals surface area (Å²) in [6.07, 6.45) is 20.2. The predicted molar refractivity (Wildman–Crippen MR) is 82.1 cm³/mol. The van der Waals surface area contributed by atoms with Gasteiger partial charge in [0.25, 0.3) is 0 Å². The minimum Gasteiger partial charge on any atom is -0.307 e. The molecule has 19 heavy (non-hydrogen) atoms. The normalized spacial score (nSPS) is 33.2. The highest BCUT2D eigenvalue weighted by atomic mass is 15.0. The third-order valence-corrected chi connectivity index (χ3v) is 5.01. The van der Waals surface area contributed by atoms with Gasteiger partial charge in [-0.05, 0) is 36.8 Å². The van der Waals surface area contributed by atoms with Crippen molar-refractivity contribution in [2.45, 2.75) is 70.4 Å². The minimum absolute atomic E-state index is 0.645. The SMILES string of the molecule is CCCCCC1NC2CCCCC2=C2C=CC=CC21. The molecular weight excluding hydrogens is 230 g/mol. The zero-order valence-corrected chi connectivity index (χ0v) is 12.2. The molecule has 1 nitrogen and oxygen atoms in total. The van der Waals surface area contributed by atoms with Gasteiger partial charge in [-0.3, -0.25) is 0 Å². The quantitative estimate of drug-likeness (QED) is 0.730. The van der Waals surface area contributed by atoms with Crippen molar-refractivity contribution < 1.29 is 0 Å². The van der Waals surface area contributed by atoms with Crippen molar-refractivity contribution in [3.8, 4) is 0 Å². The van der Waals surface area contributed by atoms with Crippen LogP contribution in [0.4, 0.5) is 0 Å². The summed E-state index contributed by atoms with van der Waals surface area (Å²) in [6, 6.07) is 1.36. The molecule has 0 radical (unpaired) electrons. The number of fused-ring (bicyclic) bond motifs is 2. The van der Waals surface area contributed by atoms with Crippen molar-refractivity contribution in [1.29, 1.82) is 0 Å². The second kappa shape index (κ2) is 6.09. The molecule has 1 N–H and O–H groups in total.